The molecule has 7 nitrogen and oxygen atoms in total. The Morgan fingerprint density at radius 1 is 1.13 bits per heavy atom. The van der Waals surface area contributed by atoms with Gasteiger partial charge in [0.15, 0.2) is 14.6 Å². The Bertz CT molecular complexity index is 1180. The van der Waals surface area contributed by atoms with Gasteiger partial charge in [-0.1, -0.05) is 41.7 Å². The summed E-state index contributed by atoms with van der Waals surface area (Å²) in [5.41, 5.74) is 1.62. The zero-order chi connectivity index (χ0) is 21.6. The van der Waals surface area contributed by atoms with E-state index in [0.717, 1.165) is 10.2 Å². The molecule has 0 saturated heterocycles. The van der Waals surface area contributed by atoms with Crippen molar-refractivity contribution in [3.8, 4) is 5.75 Å². The van der Waals surface area contributed by atoms with Gasteiger partial charge in [-0.05, 0) is 23.8 Å². The maximum Gasteiger partial charge on any atom is 0.249 e. The van der Waals surface area contributed by atoms with Crippen LogP contribution in [0.3, 0.4) is 0 Å². The highest BCUT2D eigenvalue weighted by molar-refractivity contribution is 7.90. The zero-order valence-electron chi connectivity index (χ0n) is 16.9. The Kier molecular flexibility index (Phi) is 7.41. The standard InChI is InChI=1S/C21H24N2O5S2/c1-27-12-11-23-18-9-8-17(28-2)14-19(18)29-21(23)22-20(24)10-13-30(25,26)15-16-6-4-3-5-7-16/h3-9,14H,10-13,15H2,1-2H3. The number of hydrogen-bond acceptors (Lipinski definition) is 6. The first-order valence-electron chi connectivity index (χ1n) is 9.40. The lowest BCUT2D eigenvalue weighted by Crippen LogP contribution is -2.20. The summed E-state index contributed by atoms with van der Waals surface area (Å²) in [7, 11) is -0.196. The van der Waals surface area contributed by atoms with Gasteiger partial charge in [0.2, 0.25) is 5.91 Å². The van der Waals surface area contributed by atoms with Crippen molar-refractivity contribution in [2.75, 3.05) is 26.6 Å². The van der Waals surface area contributed by atoms with Gasteiger partial charge in [-0.15, -0.1) is 0 Å². The SMILES string of the molecule is COCCn1c(=NC(=O)CCS(=O)(=O)Cc2ccccc2)sc2cc(OC)ccc21. The summed E-state index contributed by atoms with van der Waals surface area (Å²) in [6.07, 6.45) is -0.156. The molecule has 1 heterocycles. The first-order chi connectivity index (χ1) is 14.4. The molecule has 0 unspecified atom stereocenters. The van der Waals surface area contributed by atoms with Gasteiger partial charge in [0, 0.05) is 20.1 Å². The number of aromatic nitrogens is 1. The second-order valence-electron chi connectivity index (χ2n) is 6.70. The molecule has 0 saturated carbocycles. The van der Waals surface area contributed by atoms with Gasteiger partial charge in [-0.2, -0.15) is 4.99 Å². The van der Waals surface area contributed by atoms with Crippen molar-refractivity contribution >= 4 is 37.3 Å². The van der Waals surface area contributed by atoms with Crippen molar-refractivity contribution in [3.63, 3.8) is 0 Å². The van der Waals surface area contributed by atoms with Crippen molar-refractivity contribution in [1.29, 1.82) is 0 Å². The maximum atomic E-state index is 12.4. The van der Waals surface area contributed by atoms with Crippen LogP contribution < -0.4 is 9.54 Å². The molecule has 1 amide bonds. The Hall–Kier alpha value is -2.49. The number of carbonyl (C=O) groups is 1. The number of benzene rings is 2. The molecule has 30 heavy (non-hydrogen) atoms. The molecule has 160 valence electrons. The molecule has 0 aliphatic heterocycles. The second kappa shape index (κ2) is 10.0. The van der Waals surface area contributed by atoms with Crippen LogP contribution >= 0.6 is 11.3 Å². The third-order valence-corrected chi connectivity index (χ3v) is 7.13. The molecular formula is C21H24N2O5S2. The van der Waals surface area contributed by atoms with E-state index < -0.39 is 15.7 Å². The average Bonchev–Trinajstić information content (AvgIpc) is 3.07. The molecule has 0 atom stereocenters. The number of carbonyl (C=O) groups excluding carboxylic acids is 1. The highest BCUT2D eigenvalue weighted by Gasteiger charge is 2.15. The zero-order valence-corrected chi connectivity index (χ0v) is 18.5. The van der Waals surface area contributed by atoms with Gasteiger partial charge in [0.25, 0.3) is 0 Å². The smallest absolute Gasteiger partial charge is 0.249 e. The van der Waals surface area contributed by atoms with Crippen LogP contribution in [0, 0.1) is 0 Å². The molecule has 2 aromatic carbocycles. The number of sulfone groups is 1. The number of ether oxygens (including phenoxy) is 2. The number of hydrogen-bond donors (Lipinski definition) is 0. The van der Waals surface area contributed by atoms with E-state index in [0.29, 0.717) is 29.3 Å². The number of nitrogens with zero attached hydrogens (tertiary/aromatic N) is 2. The van der Waals surface area contributed by atoms with Crippen molar-refractivity contribution < 1.29 is 22.7 Å². The topological polar surface area (TPSA) is 87.0 Å². The van der Waals surface area contributed by atoms with E-state index in [4.69, 9.17) is 9.47 Å². The third kappa shape index (κ3) is 5.78. The van der Waals surface area contributed by atoms with Crippen LogP contribution in [0.15, 0.2) is 53.5 Å². The minimum atomic E-state index is -3.40. The van der Waals surface area contributed by atoms with Crippen LogP contribution in [0.2, 0.25) is 0 Å². The predicted molar refractivity (Wildman–Crippen MR) is 117 cm³/mol. The molecule has 0 aliphatic carbocycles. The number of rotatable bonds is 9. The number of amides is 1. The molecule has 3 rings (SSSR count). The lowest BCUT2D eigenvalue weighted by molar-refractivity contribution is -0.117. The minimum Gasteiger partial charge on any atom is -0.497 e. The van der Waals surface area contributed by atoms with Crippen molar-refractivity contribution in [3.05, 3.63) is 58.9 Å². The van der Waals surface area contributed by atoms with E-state index in [1.807, 2.05) is 28.8 Å². The van der Waals surface area contributed by atoms with Gasteiger partial charge in [-0.3, -0.25) is 4.79 Å². The molecule has 9 heteroatoms. The second-order valence-corrected chi connectivity index (χ2v) is 9.89. The highest BCUT2D eigenvalue weighted by Crippen LogP contribution is 2.23. The van der Waals surface area contributed by atoms with E-state index in [-0.39, 0.29) is 17.9 Å². The van der Waals surface area contributed by atoms with Crippen molar-refractivity contribution in [2.24, 2.45) is 4.99 Å². The Morgan fingerprint density at radius 2 is 1.90 bits per heavy atom. The van der Waals surface area contributed by atoms with Gasteiger partial charge < -0.3 is 14.0 Å². The number of methoxy groups -OCH3 is 2. The highest BCUT2D eigenvalue weighted by atomic mass is 32.2. The molecule has 0 N–H and O–H groups in total. The van der Waals surface area contributed by atoms with E-state index >= 15 is 0 Å². The summed E-state index contributed by atoms with van der Waals surface area (Å²) in [5.74, 6) is -0.0672. The molecule has 0 fully saturated rings. The average molecular weight is 449 g/mol. The van der Waals surface area contributed by atoms with Crippen LogP contribution in [0.25, 0.3) is 10.2 Å². The number of fused-ring (bicyclic) bond motifs is 1. The quantitative estimate of drug-likeness (QED) is 0.502. The molecule has 0 aliphatic rings. The summed E-state index contributed by atoms with van der Waals surface area (Å²) in [6, 6.07) is 14.6. The Morgan fingerprint density at radius 3 is 2.60 bits per heavy atom. The summed E-state index contributed by atoms with van der Waals surface area (Å²) in [4.78, 5) is 17.2. The monoisotopic (exact) mass is 448 g/mol. The van der Waals surface area contributed by atoms with Crippen molar-refractivity contribution in [2.45, 2.75) is 18.7 Å². The van der Waals surface area contributed by atoms with Crippen LogP contribution in [-0.4, -0.2) is 45.5 Å². The fourth-order valence-electron chi connectivity index (χ4n) is 2.97. The van der Waals surface area contributed by atoms with E-state index in [1.54, 1.807) is 38.5 Å². The fourth-order valence-corrected chi connectivity index (χ4v) is 5.40. The van der Waals surface area contributed by atoms with Crippen LogP contribution in [0.5, 0.6) is 5.75 Å². The van der Waals surface area contributed by atoms with Crippen LogP contribution in [-0.2, 0) is 31.7 Å². The Labute approximate surface area is 179 Å². The summed E-state index contributed by atoms with van der Waals surface area (Å²) < 4.78 is 38.0. The van der Waals surface area contributed by atoms with Crippen molar-refractivity contribution in [1.82, 2.24) is 4.57 Å². The first kappa shape index (κ1) is 22.2. The third-order valence-electron chi connectivity index (χ3n) is 4.49. The van der Waals surface area contributed by atoms with Crippen LogP contribution in [0.1, 0.15) is 12.0 Å². The Balaban J connectivity index is 1.80. The summed E-state index contributed by atoms with van der Waals surface area (Å²) in [6.45, 7) is 0.992. The van der Waals surface area contributed by atoms with E-state index in [2.05, 4.69) is 4.99 Å². The van der Waals surface area contributed by atoms with E-state index in [9.17, 15) is 13.2 Å². The largest absolute Gasteiger partial charge is 0.497 e. The molecule has 0 radical (unpaired) electrons. The molecular weight excluding hydrogens is 424 g/mol. The van der Waals surface area contributed by atoms with Gasteiger partial charge >= 0.3 is 0 Å². The van der Waals surface area contributed by atoms with Crippen LogP contribution in [0.4, 0.5) is 0 Å². The van der Waals surface area contributed by atoms with Gasteiger partial charge in [0.05, 0.1) is 35.4 Å². The number of thiazole rings is 1. The minimum absolute atomic E-state index is 0.0857. The van der Waals surface area contributed by atoms with E-state index in [1.165, 1.54) is 11.3 Å². The van der Waals surface area contributed by atoms with Gasteiger partial charge in [0.1, 0.15) is 5.75 Å². The lowest BCUT2D eigenvalue weighted by atomic mass is 10.2. The van der Waals surface area contributed by atoms with Gasteiger partial charge in [-0.25, -0.2) is 8.42 Å². The summed E-state index contributed by atoms with van der Waals surface area (Å²) in [5, 5.41) is 0. The predicted octanol–water partition coefficient (Wildman–Crippen LogP) is 2.79. The molecule has 3 aromatic rings. The normalized spacial score (nSPS) is 12.4. The molecule has 1 aromatic heterocycles. The summed E-state index contributed by atoms with van der Waals surface area (Å²) >= 11 is 1.36. The lowest BCUT2D eigenvalue weighted by Gasteiger charge is -2.05. The molecule has 0 spiro atoms. The maximum absolute atomic E-state index is 12.4. The first-order valence-corrected chi connectivity index (χ1v) is 12.0. The fraction of sp³-hybridized carbons (Fsp3) is 0.333. The molecule has 0 bridgehead atoms.